The summed E-state index contributed by atoms with van der Waals surface area (Å²) in [6.45, 7) is 0. The maximum atomic E-state index is 13.2. The molecule has 0 saturated carbocycles. The molecule has 0 amide bonds. The highest BCUT2D eigenvalue weighted by Crippen LogP contribution is 2.33. The second-order valence-electron chi connectivity index (χ2n) is 4.55. The maximum Gasteiger partial charge on any atom is 0.419 e. The fraction of sp³-hybridized carbons (Fsp3) is 0.214. The van der Waals surface area contributed by atoms with Crippen LogP contribution in [0.5, 0.6) is 0 Å². The lowest BCUT2D eigenvalue weighted by atomic mass is 10.00. The highest BCUT2D eigenvalue weighted by molar-refractivity contribution is 5.34. The Bertz CT molecular complexity index is 643. The minimum absolute atomic E-state index is 0.0147. The normalized spacial score (nSPS) is 13.2. The van der Waals surface area contributed by atoms with Crippen LogP contribution in [0.3, 0.4) is 0 Å². The van der Waals surface area contributed by atoms with Crippen molar-refractivity contribution in [3.05, 3.63) is 59.0 Å². The van der Waals surface area contributed by atoms with E-state index in [9.17, 15) is 22.7 Å². The van der Waals surface area contributed by atoms with Crippen molar-refractivity contribution in [2.24, 2.45) is 0 Å². The zero-order valence-electron chi connectivity index (χ0n) is 10.7. The smallest absolute Gasteiger partial charge is 0.388 e. The van der Waals surface area contributed by atoms with Crippen molar-refractivity contribution in [2.45, 2.75) is 18.7 Å². The summed E-state index contributed by atoms with van der Waals surface area (Å²) in [5.74, 6) is -1.12. The van der Waals surface area contributed by atoms with Crippen molar-refractivity contribution in [3.63, 3.8) is 0 Å². The Hall–Kier alpha value is -2.15. The number of nitrogens with two attached hydrogens (primary N) is 1. The molecule has 2 aromatic rings. The zero-order chi connectivity index (χ0) is 15.6. The molecular formula is C14H12F4N2O. The quantitative estimate of drug-likeness (QED) is 0.856. The van der Waals surface area contributed by atoms with Crippen molar-refractivity contribution in [3.8, 4) is 0 Å². The SMILES string of the molecule is Nc1cc(CC(O)c2ccc(F)c(C(F)(F)F)c2)ccn1. The molecule has 112 valence electrons. The van der Waals surface area contributed by atoms with Crippen molar-refractivity contribution >= 4 is 5.82 Å². The average Bonchev–Trinajstić information content (AvgIpc) is 2.37. The lowest BCUT2D eigenvalue weighted by Crippen LogP contribution is -2.11. The number of pyridine rings is 1. The number of alkyl halides is 3. The third-order valence-corrected chi connectivity index (χ3v) is 2.96. The molecule has 0 radical (unpaired) electrons. The van der Waals surface area contributed by atoms with Crippen LogP contribution in [0.15, 0.2) is 36.5 Å². The number of aliphatic hydroxyl groups excluding tert-OH is 1. The van der Waals surface area contributed by atoms with E-state index >= 15 is 0 Å². The Morgan fingerprint density at radius 2 is 1.90 bits per heavy atom. The van der Waals surface area contributed by atoms with Crippen molar-refractivity contribution in [2.75, 3.05) is 5.73 Å². The van der Waals surface area contributed by atoms with Crippen molar-refractivity contribution < 1.29 is 22.7 Å². The molecule has 0 spiro atoms. The number of hydrogen-bond acceptors (Lipinski definition) is 3. The van der Waals surface area contributed by atoms with Crippen LogP contribution < -0.4 is 5.73 Å². The van der Waals surface area contributed by atoms with E-state index in [2.05, 4.69) is 4.98 Å². The molecule has 0 aliphatic heterocycles. The molecule has 1 atom stereocenters. The standard InChI is InChI=1S/C14H12F4N2O/c15-11-2-1-9(7-10(11)14(16,17)18)12(21)5-8-3-4-20-13(19)6-8/h1-4,6-7,12,21H,5H2,(H2,19,20). The van der Waals surface area contributed by atoms with Gasteiger partial charge in [-0.05, 0) is 35.4 Å². The van der Waals surface area contributed by atoms with E-state index in [0.29, 0.717) is 17.7 Å². The number of halogens is 4. The number of aromatic nitrogens is 1. The molecule has 1 heterocycles. The second kappa shape index (κ2) is 5.69. The van der Waals surface area contributed by atoms with Gasteiger partial charge in [0.15, 0.2) is 0 Å². The van der Waals surface area contributed by atoms with Crippen LogP contribution in [0.2, 0.25) is 0 Å². The molecule has 2 rings (SSSR count). The Morgan fingerprint density at radius 1 is 1.19 bits per heavy atom. The molecule has 0 saturated heterocycles. The fourth-order valence-electron chi connectivity index (χ4n) is 1.93. The van der Waals surface area contributed by atoms with Crippen molar-refractivity contribution in [1.82, 2.24) is 4.98 Å². The summed E-state index contributed by atoms with van der Waals surface area (Å²) in [6.07, 6.45) is -4.52. The number of aliphatic hydroxyl groups is 1. The summed E-state index contributed by atoms with van der Waals surface area (Å²) in [6, 6.07) is 5.54. The molecule has 1 aromatic heterocycles. The second-order valence-corrected chi connectivity index (χ2v) is 4.55. The van der Waals surface area contributed by atoms with Gasteiger partial charge in [0.1, 0.15) is 11.6 Å². The molecule has 0 fully saturated rings. The first-order valence-corrected chi connectivity index (χ1v) is 6.02. The molecule has 0 aliphatic rings. The molecule has 1 unspecified atom stereocenters. The fourth-order valence-corrected chi connectivity index (χ4v) is 1.93. The minimum atomic E-state index is -4.80. The molecule has 1 aromatic carbocycles. The van der Waals surface area contributed by atoms with Gasteiger partial charge in [-0.25, -0.2) is 9.37 Å². The third-order valence-electron chi connectivity index (χ3n) is 2.96. The number of nitrogen functional groups attached to an aromatic ring is 1. The van der Waals surface area contributed by atoms with Crippen LogP contribution in [0, 0.1) is 5.82 Å². The summed E-state index contributed by atoms with van der Waals surface area (Å²) in [5.41, 5.74) is 4.69. The van der Waals surface area contributed by atoms with Gasteiger partial charge in [0.25, 0.3) is 0 Å². The van der Waals surface area contributed by atoms with Gasteiger partial charge < -0.3 is 10.8 Å². The molecule has 3 N–H and O–H groups in total. The lowest BCUT2D eigenvalue weighted by molar-refractivity contribution is -0.140. The van der Waals surface area contributed by atoms with Gasteiger partial charge in [-0.3, -0.25) is 0 Å². The van der Waals surface area contributed by atoms with Gasteiger partial charge in [0, 0.05) is 12.6 Å². The van der Waals surface area contributed by atoms with E-state index in [4.69, 9.17) is 5.73 Å². The van der Waals surface area contributed by atoms with Gasteiger partial charge >= 0.3 is 6.18 Å². The number of hydrogen-bond donors (Lipinski definition) is 2. The predicted molar refractivity (Wildman–Crippen MR) is 68.7 cm³/mol. The molecule has 3 nitrogen and oxygen atoms in total. The summed E-state index contributed by atoms with van der Waals surface area (Å²) in [7, 11) is 0. The Kier molecular flexibility index (Phi) is 4.13. The van der Waals surface area contributed by atoms with Gasteiger partial charge in [-0.2, -0.15) is 13.2 Å². The van der Waals surface area contributed by atoms with Crippen LogP contribution in [-0.4, -0.2) is 10.1 Å². The lowest BCUT2D eigenvalue weighted by Gasteiger charge is -2.14. The van der Waals surface area contributed by atoms with Gasteiger partial charge in [0.05, 0.1) is 11.7 Å². The summed E-state index contributed by atoms with van der Waals surface area (Å²) in [4.78, 5) is 3.78. The first kappa shape index (κ1) is 15.2. The topological polar surface area (TPSA) is 59.1 Å². The Labute approximate surface area is 118 Å². The number of rotatable bonds is 3. The first-order chi connectivity index (χ1) is 9.77. The largest absolute Gasteiger partial charge is 0.419 e. The highest BCUT2D eigenvalue weighted by atomic mass is 19.4. The zero-order valence-corrected chi connectivity index (χ0v) is 10.7. The summed E-state index contributed by atoms with van der Waals surface area (Å²) in [5, 5.41) is 9.99. The van der Waals surface area contributed by atoms with Gasteiger partial charge in [-0.15, -0.1) is 0 Å². The molecule has 0 aliphatic carbocycles. The van der Waals surface area contributed by atoms with E-state index < -0.39 is 23.7 Å². The van der Waals surface area contributed by atoms with Crippen molar-refractivity contribution in [1.29, 1.82) is 0 Å². The number of benzene rings is 1. The summed E-state index contributed by atoms with van der Waals surface area (Å²) < 4.78 is 51.1. The van der Waals surface area contributed by atoms with Crippen LogP contribution in [-0.2, 0) is 12.6 Å². The number of nitrogens with zero attached hydrogens (tertiary/aromatic N) is 1. The maximum absolute atomic E-state index is 13.2. The van der Waals surface area contributed by atoms with Crippen LogP contribution in [0.1, 0.15) is 22.8 Å². The molecule has 7 heteroatoms. The Balaban J connectivity index is 2.25. The predicted octanol–water partition coefficient (Wildman–Crippen LogP) is 3.10. The van der Waals surface area contributed by atoms with E-state index in [0.717, 1.165) is 6.07 Å². The molecular weight excluding hydrogens is 288 g/mol. The van der Waals surface area contributed by atoms with Crippen LogP contribution >= 0.6 is 0 Å². The minimum Gasteiger partial charge on any atom is -0.388 e. The number of anilines is 1. The summed E-state index contributed by atoms with van der Waals surface area (Å²) >= 11 is 0. The Morgan fingerprint density at radius 3 is 2.52 bits per heavy atom. The third kappa shape index (κ3) is 3.69. The van der Waals surface area contributed by atoms with Gasteiger partial charge in [0.2, 0.25) is 0 Å². The molecule has 21 heavy (non-hydrogen) atoms. The van der Waals surface area contributed by atoms with Crippen LogP contribution in [0.25, 0.3) is 0 Å². The van der Waals surface area contributed by atoms with E-state index in [1.54, 1.807) is 6.07 Å². The van der Waals surface area contributed by atoms with Gasteiger partial charge in [-0.1, -0.05) is 6.07 Å². The molecule has 0 bridgehead atoms. The average molecular weight is 300 g/mol. The highest BCUT2D eigenvalue weighted by Gasteiger charge is 2.34. The van der Waals surface area contributed by atoms with E-state index in [1.165, 1.54) is 12.3 Å². The van der Waals surface area contributed by atoms with Crippen LogP contribution in [0.4, 0.5) is 23.4 Å². The van der Waals surface area contributed by atoms with E-state index in [1.807, 2.05) is 0 Å². The monoisotopic (exact) mass is 300 g/mol. The first-order valence-electron chi connectivity index (χ1n) is 6.02. The van der Waals surface area contributed by atoms with E-state index in [-0.39, 0.29) is 17.8 Å².